The lowest BCUT2D eigenvalue weighted by molar-refractivity contribution is -0.148. The van der Waals surface area contributed by atoms with E-state index >= 15 is 0 Å². The van der Waals surface area contributed by atoms with Crippen LogP contribution in [-0.2, 0) is 16.0 Å². The average Bonchev–Trinajstić information content (AvgIpc) is 2.49. The molecule has 1 aromatic rings. The molecule has 122 valence electrons. The number of nitrogens with zero attached hydrogens (tertiary/aromatic N) is 1. The third kappa shape index (κ3) is 5.13. The molecule has 5 heteroatoms. The zero-order valence-electron chi connectivity index (χ0n) is 13.4. The summed E-state index contributed by atoms with van der Waals surface area (Å²) in [4.78, 5) is 24.8. The quantitative estimate of drug-likeness (QED) is 0.802. The SMILES string of the molecule is CCC(C)N(CC(=O)O)C(=O)C(C)CCc1ccccc1F. The molecule has 1 rings (SSSR count). The zero-order valence-corrected chi connectivity index (χ0v) is 13.4. The van der Waals surface area contributed by atoms with Crippen molar-refractivity contribution in [3.63, 3.8) is 0 Å². The Morgan fingerprint density at radius 2 is 1.91 bits per heavy atom. The summed E-state index contributed by atoms with van der Waals surface area (Å²) in [5, 5.41) is 8.96. The predicted molar refractivity (Wildman–Crippen MR) is 83.0 cm³/mol. The number of hydrogen-bond donors (Lipinski definition) is 1. The summed E-state index contributed by atoms with van der Waals surface area (Å²) >= 11 is 0. The molecule has 0 heterocycles. The molecule has 0 saturated heterocycles. The van der Waals surface area contributed by atoms with Crippen molar-refractivity contribution in [3.05, 3.63) is 35.6 Å². The first-order chi connectivity index (χ1) is 10.4. The molecule has 1 aromatic carbocycles. The Balaban J connectivity index is 2.69. The minimum absolute atomic E-state index is 0.125. The van der Waals surface area contributed by atoms with Gasteiger partial charge in [0.15, 0.2) is 0 Å². The summed E-state index contributed by atoms with van der Waals surface area (Å²) in [7, 11) is 0. The van der Waals surface area contributed by atoms with Gasteiger partial charge in [0.25, 0.3) is 0 Å². The molecule has 1 N–H and O–H groups in total. The molecule has 2 atom stereocenters. The van der Waals surface area contributed by atoms with E-state index in [9.17, 15) is 14.0 Å². The normalized spacial score (nSPS) is 13.5. The second kappa shape index (κ2) is 8.51. The summed E-state index contributed by atoms with van der Waals surface area (Å²) < 4.78 is 13.6. The molecule has 0 spiro atoms. The van der Waals surface area contributed by atoms with Crippen molar-refractivity contribution in [3.8, 4) is 0 Å². The molecule has 22 heavy (non-hydrogen) atoms. The summed E-state index contributed by atoms with van der Waals surface area (Å²) in [6.45, 7) is 5.22. The number of carboxylic acid groups (broad SMARTS) is 1. The van der Waals surface area contributed by atoms with Gasteiger partial charge in [0.2, 0.25) is 5.91 Å². The number of halogens is 1. The van der Waals surface area contributed by atoms with Gasteiger partial charge in [0, 0.05) is 12.0 Å². The van der Waals surface area contributed by atoms with E-state index in [1.54, 1.807) is 25.1 Å². The lowest BCUT2D eigenvalue weighted by Gasteiger charge is -2.29. The van der Waals surface area contributed by atoms with Gasteiger partial charge in [-0.15, -0.1) is 0 Å². The Bertz CT molecular complexity index is 518. The molecule has 4 nitrogen and oxygen atoms in total. The molecule has 0 aliphatic heterocycles. The van der Waals surface area contributed by atoms with Crippen molar-refractivity contribution in [1.29, 1.82) is 0 Å². The molecule has 0 fully saturated rings. The van der Waals surface area contributed by atoms with Gasteiger partial charge in [0.1, 0.15) is 12.4 Å². The van der Waals surface area contributed by atoms with Crippen LogP contribution in [0.2, 0.25) is 0 Å². The number of rotatable bonds is 8. The van der Waals surface area contributed by atoms with Crippen LogP contribution >= 0.6 is 0 Å². The highest BCUT2D eigenvalue weighted by Gasteiger charge is 2.25. The van der Waals surface area contributed by atoms with Gasteiger partial charge < -0.3 is 10.0 Å². The maximum atomic E-state index is 13.6. The fourth-order valence-electron chi connectivity index (χ4n) is 2.30. The van der Waals surface area contributed by atoms with Crippen LogP contribution in [0.3, 0.4) is 0 Å². The smallest absolute Gasteiger partial charge is 0.323 e. The van der Waals surface area contributed by atoms with Crippen LogP contribution in [0.4, 0.5) is 4.39 Å². The Kier molecular flexibility index (Phi) is 7.02. The molecule has 0 saturated carbocycles. The molecule has 0 radical (unpaired) electrons. The van der Waals surface area contributed by atoms with Crippen molar-refractivity contribution in [2.45, 2.75) is 46.1 Å². The fourth-order valence-corrected chi connectivity index (χ4v) is 2.30. The number of amides is 1. The Morgan fingerprint density at radius 3 is 2.45 bits per heavy atom. The van der Waals surface area contributed by atoms with Crippen LogP contribution in [-0.4, -0.2) is 34.5 Å². The van der Waals surface area contributed by atoms with E-state index in [1.807, 2.05) is 13.8 Å². The monoisotopic (exact) mass is 309 g/mol. The van der Waals surface area contributed by atoms with E-state index in [0.717, 1.165) is 0 Å². The first-order valence-corrected chi connectivity index (χ1v) is 7.62. The largest absolute Gasteiger partial charge is 0.480 e. The Morgan fingerprint density at radius 1 is 1.27 bits per heavy atom. The number of benzene rings is 1. The van der Waals surface area contributed by atoms with Gasteiger partial charge in [-0.05, 0) is 37.8 Å². The van der Waals surface area contributed by atoms with Crippen LogP contribution in [0.5, 0.6) is 0 Å². The third-order valence-corrected chi connectivity index (χ3v) is 3.94. The van der Waals surface area contributed by atoms with Gasteiger partial charge in [-0.1, -0.05) is 32.0 Å². The van der Waals surface area contributed by atoms with Crippen molar-refractivity contribution in [2.24, 2.45) is 5.92 Å². The molecule has 1 amide bonds. The molecule has 0 aliphatic rings. The fraction of sp³-hybridized carbons (Fsp3) is 0.529. The summed E-state index contributed by atoms with van der Waals surface area (Å²) in [5.41, 5.74) is 0.579. The molecule has 0 aliphatic carbocycles. The van der Waals surface area contributed by atoms with Crippen LogP contribution < -0.4 is 0 Å². The third-order valence-electron chi connectivity index (χ3n) is 3.94. The topological polar surface area (TPSA) is 57.6 Å². The van der Waals surface area contributed by atoms with E-state index in [0.29, 0.717) is 24.8 Å². The van der Waals surface area contributed by atoms with Crippen LogP contribution in [0.1, 0.15) is 39.2 Å². The average molecular weight is 309 g/mol. The minimum atomic E-state index is -1.02. The first kappa shape index (κ1) is 18.1. The van der Waals surface area contributed by atoms with Crippen molar-refractivity contribution >= 4 is 11.9 Å². The second-order valence-corrected chi connectivity index (χ2v) is 5.65. The minimum Gasteiger partial charge on any atom is -0.480 e. The highest BCUT2D eigenvalue weighted by molar-refractivity contribution is 5.83. The van der Waals surface area contributed by atoms with Crippen LogP contribution in [0.15, 0.2) is 24.3 Å². The van der Waals surface area contributed by atoms with Gasteiger partial charge in [-0.2, -0.15) is 0 Å². The van der Waals surface area contributed by atoms with E-state index in [2.05, 4.69) is 0 Å². The van der Waals surface area contributed by atoms with Crippen molar-refractivity contribution in [1.82, 2.24) is 4.90 Å². The summed E-state index contributed by atoms with van der Waals surface area (Å²) in [6.07, 6.45) is 1.65. The molecule has 0 bridgehead atoms. The number of carboxylic acids is 1. The maximum Gasteiger partial charge on any atom is 0.323 e. The highest BCUT2D eigenvalue weighted by atomic mass is 19.1. The van der Waals surface area contributed by atoms with E-state index in [-0.39, 0.29) is 30.2 Å². The van der Waals surface area contributed by atoms with Gasteiger partial charge in [-0.25, -0.2) is 4.39 Å². The number of aryl methyl sites for hydroxylation is 1. The second-order valence-electron chi connectivity index (χ2n) is 5.65. The lowest BCUT2D eigenvalue weighted by atomic mass is 9.98. The number of carbonyl (C=O) groups excluding carboxylic acids is 1. The number of aliphatic carboxylic acids is 1. The Hall–Kier alpha value is -1.91. The molecular weight excluding hydrogens is 285 g/mol. The van der Waals surface area contributed by atoms with Crippen molar-refractivity contribution < 1.29 is 19.1 Å². The van der Waals surface area contributed by atoms with Gasteiger partial charge >= 0.3 is 5.97 Å². The standard InChI is InChI=1S/C17H24FNO3/c1-4-13(3)19(11-16(20)21)17(22)12(2)9-10-14-7-5-6-8-15(14)18/h5-8,12-13H,4,9-11H2,1-3H3,(H,20,21). The maximum absolute atomic E-state index is 13.6. The molecule has 0 aromatic heterocycles. The first-order valence-electron chi connectivity index (χ1n) is 7.62. The number of hydrogen-bond acceptors (Lipinski definition) is 2. The van der Waals surface area contributed by atoms with E-state index in [4.69, 9.17) is 5.11 Å². The van der Waals surface area contributed by atoms with Crippen LogP contribution in [0.25, 0.3) is 0 Å². The Labute approximate surface area is 130 Å². The molecular formula is C17H24FNO3. The summed E-state index contributed by atoms with van der Waals surface area (Å²) in [5.74, 6) is -1.82. The van der Waals surface area contributed by atoms with Gasteiger partial charge in [-0.3, -0.25) is 9.59 Å². The van der Waals surface area contributed by atoms with Crippen molar-refractivity contribution in [2.75, 3.05) is 6.54 Å². The van der Waals surface area contributed by atoms with Gasteiger partial charge in [0.05, 0.1) is 0 Å². The van der Waals surface area contributed by atoms with Crippen LogP contribution in [0, 0.1) is 11.7 Å². The number of carbonyl (C=O) groups is 2. The lowest BCUT2D eigenvalue weighted by Crippen LogP contribution is -2.44. The van der Waals surface area contributed by atoms with E-state index in [1.165, 1.54) is 11.0 Å². The highest BCUT2D eigenvalue weighted by Crippen LogP contribution is 2.17. The summed E-state index contributed by atoms with van der Waals surface area (Å²) in [6, 6.07) is 6.37. The predicted octanol–water partition coefficient (Wildman–Crippen LogP) is 3.11. The van der Waals surface area contributed by atoms with E-state index < -0.39 is 5.97 Å². The molecule has 2 unspecified atom stereocenters. The zero-order chi connectivity index (χ0) is 16.7.